The molecular weight excluding hydrogens is 469 g/mol. The third kappa shape index (κ3) is 8.04. The molecule has 7 nitrogen and oxygen atoms in total. The minimum absolute atomic E-state index is 0. The molecule has 156 valence electrons. The van der Waals surface area contributed by atoms with Gasteiger partial charge in [0.2, 0.25) is 11.8 Å². The van der Waals surface area contributed by atoms with Gasteiger partial charge in [-0.3, -0.25) is 14.6 Å². The lowest BCUT2D eigenvalue weighted by Gasteiger charge is -2.18. The number of hydrogen-bond acceptors (Lipinski definition) is 3. The third-order valence-corrected chi connectivity index (χ3v) is 4.47. The van der Waals surface area contributed by atoms with Crippen molar-refractivity contribution in [3.63, 3.8) is 0 Å². The average Bonchev–Trinajstić information content (AvgIpc) is 3.11. The highest BCUT2D eigenvalue weighted by Crippen LogP contribution is 2.11. The number of aliphatic imine (C=N–C) groups is 1. The van der Waals surface area contributed by atoms with Gasteiger partial charge >= 0.3 is 0 Å². The van der Waals surface area contributed by atoms with E-state index in [0.29, 0.717) is 13.0 Å². The molecule has 1 unspecified atom stereocenters. The van der Waals surface area contributed by atoms with Gasteiger partial charge in [-0.1, -0.05) is 19.1 Å². The first-order valence-corrected chi connectivity index (χ1v) is 9.71. The molecule has 0 aromatic heterocycles. The summed E-state index contributed by atoms with van der Waals surface area (Å²) in [6.45, 7) is 8.45. The van der Waals surface area contributed by atoms with Crippen LogP contribution in [-0.2, 0) is 16.0 Å². The predicted octanol–water partition coefficient (Wildman–Crippen LogP) is 2.37. The Morgan fingerprint density at radius 1 is 1.21 bits per heavy atom. The van der Waals surface area contributed by atoms with Crippen LogP contribution in [0.15, 0.2) is 29.3 Å². The molecule has 0 saturated carbocycles. The van der Waals surface area contributed by atoms with Crippen LogP contribution in [0.4, 0.5) is 5.69 Å². The molecule has 28 heavy (non-hydrogen) atoms. The van der Waals surface area contributed by atoms with Gasteiger partial charge in [0.05, 0.1) is 0 Å². The van der Waals surface area contributed by atoms with Gasteiger partial charge in [-0.2, -0.15) is 0 Å². The van der Waals surface area contributed by atoms with Crippen molar-refractivity contribution in [3.8, 4) is 0 Å². The number of guanidine groups is 1. The maximum atomic E-state index is 11.8. The summed E-state index contributed by atoms with van der Waals surface area (Å²) in [6, 6.07) is 8.07. The van der Waals surface area contributed by atoms with E-state index in [1.807, 2.05) is 43.0 Å². The largest absolute Gasteiger partial charge is 0.357 e. The Kier molecular flexibility index (Phi) is 10.9. The van der Waals surface area contributed by atoms with Crippen molar-refractivity contribution < 1.29 is 9.59 Å². The van der Waals surface area contributed by atoms with Crippen molar-refractivity contribution in [2.75, 3.05) is 31.5 Å². The summed E-state index contributed by atoms with van der Waals surface area (Å²) in [7, 11) is 0. The Balaban J connectivity index is 0.00000392. The van der Waals surface area contributed by atoms with E-state index in [4.69, 9.17) is 0 Å². The minimum Gasteiger partial charge on any atom is -0.357 e. The predicted molar refractivity (Wildman–Crippen MR) is 124 cm³/mol. The Morgan fingerprint density at radius 2 is 1.93 bits per heavy atom. The molecule has 1 aromatic carbocycles. The molecule has 1 atom stereocenters. The Hall–Kier alpha value is -1.84. The number of hydrogen-bond donors (Lipinski definition) is 3. The molecular formula is C20H32IN5O2. The summed E-state index contributed by atoms with van der Waals surface area (Å²) in [5.41, 5.74) is 1.97. The zero-order valence-electron chi connectivity index (χ0n) is 17.0. The van der Waals surface area contributed by atoms with Crippen LogP contribution in [0.1, 0.15) is 39.2 Å². The van der Waals surface area contributed by atoms with Gasteiger partial charge in [0.25, 0.3) is 0 Å². The Bertz CT molecular complexity index is 663. The van der Waals surface area contributed by atoms with Gasteiger partial charge in [-0.25, -0.2) is 0 Å². The maximum Gasteiger partial charge on any atom is 0.222 e. The number of halogens is 1. The van der Waals surface area contributed by atoms with E-state index in [0.717, 1.165) is 44.1 Å². The summed E-state index contributed by atoms with van der Waals surface area (Å²) >= 11 is 0. The first kappa shape index (κ1) is 24.2. The zero-order valence-corrected chi connectivity index (χ0v) is 19.3. The lowest BCUT2D eigenvalue weighted by molar-refractivity contribution is -0.129. The summed E-state index contributed by atoms with van der Waals surface area (Å²) in [4.78, 5) is 29.4. The second-order valence-corrected chi connectivity index (χ2v) is 6.71. The molecule has 0 bridgehead atoms. The topological polar surface area (TPSA) is 85.8 Å². The smallest absolute Gasteiger partial charge is 0.222 e. The Labute approximate surface area is 184 Å². The normalized spacial score (nSPS) is 16.3. The molecule has 0 spiro atoms. The van der Waals surface area contributed by atoms with Crippen LogP contribution in [-0.4, -0.2) is 54.9 Å². The number of rotatable bonds is 7. The van der Waals surface area contributed by atoms with E-state index in [9.17, 15) is 9.59 Å². The summed E-state index contributed by atoms with van der Waals surface area (Å²) in [5.74, 6) is 0.937. The van der Waals surface area contributed by atoms with E-state index in [1.54, 1.807) is 0 Å². The fourth-order valence-corrected chi connectivity index (χ4v) is 3.10. The summed E-state index contributed by atoms with van der Waals surface area (Å²) in [6.07, 6.45) is 2.32. The number of benzene rings is 1. The van der Waals surface area contributed by atoms with Crippen molar-refractivity contribution in [3.05, 3.63) is 29.8 Å². The van der Waals surface area contributed by atoms with E-state index in [2.05, 4.69) is 20.9 Å². The molecule has 1 fully saturated rings. The Morgan fingerprint density at radius 3 is 2.54 bits per heavy atom. The van der Waals surface area contributed by atoms with Gasteiger partial charge in [0.15, 0.2) is 5.96 Å². The summed E-state index contributed by atoms with van der Waals surface area (Å²) in [5, 5.41) is 9.48. The molecule has 1 aromatic rings. The number of nitrogens with zero attached hydrogens (tertiary/aromatic N) is 2. The number of anilines is 1. The molecule has 3 N–H and O–H groups in total. The first-order chi connectivity index (χ1) is 13.0. The summed E-state index contributed by atoms with van der Waals surface area (Å²) < 4.78 is 0. The minimum atomic E-state index is -0.0696. The zero-order chi connectivity index (χ0) is 19.6. The van der Waals surface area contributed by atoms with E-state index in [1.165, 1.54) is 12.5 Å². The molecule has 1 saturated heterocycles. The van der Waals surface area contributed by atoms with Crippen molar-refractivity contribution in [2.24, 2.45) is 4.99 Å². The van der Waals surface area contributed by atoms with Crippen molar-refractivity contribution in [1.82, 2.24) is 15.5 Å². The van der Waals surface area contributed by atoms with Crippen LogP contribution in [0.2, 0.25) is 0 Å². The first-order valence-electron chi connectivity index (χ1n) is 9.71. The van der Waals surface area contributed by atoms with Gasteiger partial charge in [0, 0.05) is 51.3 Å². The molecule has 8 heteroatoms. The fraction of sp³-hybridized carbons (Fsp3) is 0.550. The third-order valence-electron chi connectivity index (χ3n) is 4.47. The van der Waals surface area contributed by atoms with Gasteiger partial charge < -0.3 is 20.9 Å². The number of likely N-dealkylation sites (tertiary alicyclic amines) is 1. The van der Waals surface area contributed by atoms with E-state index >= 15 is 0 Å². The molecule has 1 aliphatic rings. The van der Waals surface area contributed by atoms with Crippen LogP contribution < -0.4 is 16.0 Å². The monoisotopic (exact) mass is 501 g/mol. The molecule has 1 heterocycles. The SMILES string of the molecule is CCNC(=NCCc1ccc(NC(C)=O)cc1)NC1CCN(C(=O)CC)C1.I. The highest BCUT2D eigenvalue weighted by atomic mass is 127. The highest BCUT2D eigenvalue weighted by Gasteiger charge is 2.25. The molecule has 2 rings (SSSR count). The van der Waals surface area contributed by atoms with Crippen LogP contribution in [0, 0.1) is 0 Å². The van der Waals surface area contributed by atoms with Crippen LogP contribution >= 0.6 is 24.0 Å². The van der Waals surface area contributed by atoms with Crippen molar-refractivity contribution in [2.45, 2.75) is 46.1 Å². The number of amides is 2. The van der Waals surface area contributed by atoms with Crippen molar-refractivity contribution in [1.29, 1.82) is 0 Å². The standard InChI is InChI=1S/C20H31N5O2.HI/c1-4-19(27)25-13-11-18(14-25)24-20(21-5-2)22-12-10-16-6-8-17(9-7-16)23-15(3)26;/h6-9,18H,4-5,10-14H2,1-3H3,(H,23,26)(H2,21,22,24);1H. The fourth-order valence-electron chi connectivity index (χ4n) is 3.10. The van der Waals surface area contributed by atoms with E-state index in [-0.39, 0.29) is 41.8 Å². The number of carbonyl (C=O) groups excluding carboxylic acids is 2. The van der Waals surface area contributed by atoms with Crippen LogP contribution in [0.25, 0.3) is 0 Å². The van der Waals surface area contributed by atoms with Crippen LogP contribution in [0.3, 0.4) is 0 Å². The number of carbonyl (C=O) groups is 2. The molecule has 0 radical (unpaired) electrons. The quantitative estimate of drug-likeness (QED) is 0.304. The second kappa shape index (κ2) is 12.6. The van der Waals surface area contributed by atoms with Gasteiger partial charge in [-0.15, -0.1) is 24.0 Å². The van der Waals surface area contributed by atoms with E-state index < -0.39 is 0 Å². The van der Waals surface area contributed by atoms with Crippen LogP contribution in [0.5, 0.6) is 0 Å². The number of nitrogens with one attached hydrogen (secondary N) is 3. The van der Waals surface area contributed by atoms with Crippen molar-refractivity contribution >= 4 is 47.4 Å². The highest BCUT2D eigenvalue weighted by molar-refractivity contribution is 14.0. The average molecular weight is 501 g/mol. The maximum absolute atomic E-state index is 11.8. The lowest BCUT2D eigenvalue weighted by Crippen LogP contribution is -2.45. The molecule has 2 amide bonds. The lowest BCUT2D eigenvalue weighted by atomic mass is 10.1. The molecule has 0 aliphatic carbocycles. The van der Waals surface area contributed by atoms with Gasteiger partial charge in [-0.05, 0) is 37.5 Å². The second-order valence-electron chi connectivity index (χ2n) is 6.71. The molecule has 1 aliphatic heterocycles. The van der Waals surface area contributed by atoms with Gasteiger partial charge in [0.1, 0.15) is 0 Å².